The third-order valence-electron chi connectivity index (χ3n) is 4.51. The third-order valence-corrected chi connectivity index (χ3v) is 4.74. The maximum absolute atomic E-state index is 6.06. The molecule has 5 aromatic rings. The lowest BCUT2D eigenvalue weighted by Crippen LogP contribution is -2.07. The zero-order valence-corrected chi connectivity index (χ0v) is 16.0. The molecule has 142 valence electrons. The van der Waals surface area contributed by atoms with Crippen LogP contribution in [0.3, 0.4) is 0 Å². The maximum atomic E-state index is 6.06. The molecule has 0 fully saturated rings. The summed E-state index contributed by atoms with van der Waals surface area (Å²) < 4.78 is 1.73. The summed E-state index contributed by atoms with van der Waals surface area (Å²) in [5.74, 6) is 1.38. The fourth-order valence-electron chi connectivity index (χ4n) is 3.16. The number of anilines is 3. The average molecular weight is 402 g/mol. The number of fused-ring (bicyclic) bond motifs is 2. The van der Waals surface area contributed by atoms with Crippen LogP contribution in [0.1, 0.15) is 5.82 Å². The highest BCUT2D eigenvalue weighted by Gasteiger charge is 2.09. The summed E-state index contributed by atoms with van der Waals surface area (Å²) in [6.07, 6.45) is 1.79. The Balaban J connectivity index is 1.41. The molecular weight excluding hydrogens is 386 g/mol. The highest BCUT2D eigenvalue weighted by molar-refractivity contribution is 6.30. The fraction of sp³-hybridized carbons (Fsp3) is 0.0476. The second-order valence-electron chi connectivity index (χ2n) is 6.47. The van der Waals surface area contributed by atoms with E-state index in [4.69, 9.17) is 11.6 Å². The predicted molar refractivity (Wildman–Crippen MR) is 115 cm³/mol. The molecule has 0 unspecified atom stereocenters. The number of benzene rings is 2. The molecule has 0 amide bonds. The van der Waals surface area contributed by atoms with Gasteiger partial charge in [-0.15, -0.1) is 15.3 Å². The Morgan fingerprint density at radius 1 is 0.931 bits per heavy atom. The highest BCUT2D eigenvalue weighted by Crippen LogP contribution is 2.22. The van der Waals surface area contributed by atoms with Crippen molar-refractivity contribution in [2.45, 2.75) is 6.54 Å². The van der Waals surface area contributed by atoms with Gasteiger partial charge in [-0.25, -0.2) is 0 Å². The molecule has 8 heteroatoms. The summed E-state index contributed by atoms with van der Waals surface area (Å²) in [5, 5.41) is 21.5. The molecule has 0 aliphatic rings. The van der Waals surface area contributed by atoms with Gasteiger partial charge in [0.1, 0.15) is 0 Å². The van der Waals surface area contributed by atoms with Crippen LogP contribution in [0.2, 0.25) is 5.02 Å². The molecule has 29 heavy (non-hydrogen) atoms. The van der Waals surface area contributed by atoms with E-state index in [1.807, 2.05) is 66.7 Å². The minimum absolute atomic E-state index is 0.475. The normalized spacial score (nSPS) is 11.1. The predicted octanol–water partition coefficient (Wildman–Crippen LogP) is 4.68. The van der Waals surface area contributed by atoms with E-state index in [2.05, 4.69) is 30.9 Å². The summed E-state index contributed by atoms with van der Waals surface area (Å²) in [6, 6.07) is 21.2. The number of aromatic nitrogens is 5. The topological polar surface area (TPSA) is 80.0 Å². The zero-order chi connectivity index (χ0) is 19.6. The Morgan fingerprint density at radius 2 is 1.86 bits per heavy atom. The first-order valence-corrected chi connectivity index (χ1v) is 9.46. The number of nitrogens with one attached hydrogen (secondary N) is 2. The smallest absolute Gasteiger partial charge is 0.178 e. The zero-order valence-electron chi connectivity index (χ0n) is 15.2. The highest BCUT2D eigenvalue weighted by atomic mass is 35.5. The summed E-state index contributed by atoms with van der Waals surface area (Å²) >= 11 is 6.06. The first kappa shape index (κ1) is 17.4. The molecule has 0 aliphatic carbocycles. The largest absolute Gasteiger partial charge is 0.377 e. The lowest BCUT2D eigenvalue weighted by atomic mass is 10.2. The fourth-order valence-corrected chi connectivity index (χ4v) is 3.35. The first-order chi connectivity index (χ1) is 14.3. The molecule has 0 atom stereocenters. The Hall–Kier alpha value is -3.71. The average Bonchev–Trinajstić information content (AvgIpc) is 3.14. The SMILES string of the molecule is Clc1cccc(Nc2ccc3nnc(CNc4cccc5ncccc45)n3n2)c1. The molecule has 0 saturated carbocycles. The van der Waals surface area contributed by atoms with Crippen LogP contribution in [0.25, 0.3) is 16.6 Å². The minimum atomic E-state index is 0.475. The van der Waals surface area contributed by atoms with E-state index in [0.29, 0.717) is 28.9 Å². The second-order valence-corrected chi connectivity index (χ2v) is 6.91. The van der Waals surface area contributed by atoms with Gasteiger partial charge in [0.05, 0.1) is 12.1 Å². The van der Waals surface area contributed by atoms with Gasteiger partial charge in [-0.05, 0) is 54.6 Å². The molecule has 2 N–H and O–H groups in total. The van der Waals surface area contributed by atoms with Gasteiger partial charge in [-0.1, -0.05) is 23.7 Å². The van der Waals surface area contributed by atoms with Crippen molar-refractivity contribution in [2.75, 3.05) is 10.6 Å². The quantitative estimate of drug-likeness (QED) is 0.445. The lowest BCUT2D eigenvalue weighted by Gasteiger charge is -2.09. The van der Waals surface area contributed by atoms with Crippen molar-refractivity contribution in [3.63, 3.8) is 0 Å². The van der Waals surface area contributed by atoms with Crippen LogP contribution in [-0.2, 0) is 6.54 Å². The molecule has 7 nitrogen and oxygen atoms in total. The van der Waals surface area contributed by atoms with Crippen molar-refractivity contribution in [2.24, 2.45) is 0 Å². The maximum Gasteiger partial charge on any atom is 0.178 e. The molecule has 3 heterocycles. The van der Waals surface area contributed by atoms with Crippen molar-refractivity contribution in [3.05, 3.63) is 83.8 Å². The first-order valence-electron chi connectivity index (χ1n) is 9.08. The molecule has 0 spiro atoms. The number of rotatable bonds is 5. The van der Waals surface area contributed by atoms with Crippen molar-refractivity contribution in [3.8, 4) is 0 Å². The Bertz CT molecular complexity index is 1310. The van der Waals surface area contributed by atoms with Crippen molar-refractivity contribution >= 4 is 45.3 Å². The lowest BCUT2D eigenvalue weighted by molar-refractivity contribution is 0.833. The number of hydrogen-bond acceptors (Lipinski definition) is 6. The molecule has 5 rings (SSSR count). The van der Waals surface area contributed by atoms with Gasteiger partial charge >= 0.3 is 0 Å². The van der Waals surface area contributed by atoms with Gasteiger partial charge in [-0.3, -0.25) is 4.98 Å². The van der Waals surface area contributed by atoms with Crippen LogP contribution in [0.4, 0.5) is 17.2 Å². The standard InChI is InChI=1S/C21H16ClN7/c22-14-4-1-5-15(12-14)25-19-9-10-20-26-27-21(29(20)28-19)13-24-18-8-2-7-17-16(18)6-3-11-23-17/h1-12,24H,13H2,(H,25,28). The van der Waals surface area contributed by atoms with E-state index in [9.17, 15) is 0 Å². The van der Waals surface area contributed by atoms with Gasteiger partial charge in [0.2, 0.25) is 0 Å². The molecule has 0 saturated heterocycles. The van der Waals surface area contributed by atoms with Gasteiger partial charge in [0.15, 0.2) is 17.3 Å². The van der Waals surface area contributed by atoms with Crippen LogP contribution in [0.5, 0.6) is 0 Å². The van der Waals surface area contributed by atoms with Gasteiger partial charge in [0, 0.05) is 28.0 Å². The Labute approximate surface area is 171 Å². The summed E-state index contributed by atoms with van der Waals surface area (Å²) in [6.45, 7) is 0.475. The van der Waals surface area contributed by atoms with E-state index < -0.39 is 0 Å². The number of hydrogen-bond donors (Lipinski definition) is 2. The number of halogens is 1. The van der Waals surface area contributed by atoms with Crippen molar-refractivity contribution < 1.29 is 0 Å². The van der Waals surface area contributed by atoms with E-state index in [-0.39, 0.29) is 0 Å². The van der Waals surface area contributed by atoms with Crippen molar-refractivity contribution in [1.82, 2.24) is 24.8 Å². The minimum Gasteiger partial charge on any atom is -0.377 e. The number of pyridine rings is 1. The second kappa shape index (κ2) is 7.37. The summed E-state index contributed by atoms with van der Waals surface area (Å²) in [7, 11) is 0. The third kappa shape index (κ3) is 3.55. The van der Waals surface area contributed by atoms with Crippen LogP contribution < -0.4 is 10.6 Å². The summed E-state index contributed by atoms with van der Waals surface area (Å²) in [5.41, 5.74) is 3.47. The molecular formula is C21H16ClN7. The number of nitrogens with zero attached hydrogens (tertiary/aromatic N) is 5. The summed E-state index contributed by atoms with van der Waals surface area (Å²) in [4.78, 5) is 4.39. The Morgan fingerprint density at radius 3 is 2.79 bits per heavy atom. The molecule has 0 aliphatic heterocycles. The van der Waals surface area contributed by atoms with E-state index in [0.717, 1.165) is 22.3 Å². The van der Waals surface area contributed by atoms with Crippen LogP contribution in [0.15, 0.2) is 72.9 Å². The molecule has 3 aromatic heterocycles. The van der Waals surface area contributed by atoms with E-state index in [1.165, 1.54) is 0 Å². The van der Waals surface area contributed by atoms with E-state index in [1.54, 1.807) is 10.7 Å². The molecule has 2 aromatic carbocycles. The van der Waals surface area contributed by atoms with E-state index >= 15 is 0 Å². The monoisotopic (exact) mass is 401 g/mol. The van der Waals surface area contributed by atoms with Crippen molar-refractivity contribution in [1.29, 1.82) is 0 Å². The molecule has 0 bridgehead atoms. The molecule has 0 radical (unpaired) electrons. The van der Waals surface area contributed by atoms with Gasteiger partial charge in [0.25, 0.3) is 0 Å². The van der Waals surface area contributed by atoms with Crippen LogP contribution in [-0.4, -0.2) is 24.8 Å². The van der Waals surface area contributed by atoms with Crippen LogP contribution in [0, 0.1) is 0 Å². The van der Waals surface area contributed by atoms with Gasteiger partial charge < -0.3 is 10.6 Å². The van der Waals surface area contributed by atoms with Gasteiger partial charge in [-0.2, -0.15) is 4.52 Å². The Kier molecular flexibility index (Phi) is 4.42. The van der Waals surface area contributed by atoms with Crippen LogP contribution >= 0.6 is 11.6 Å².